The van der Waals surface area contributed by atoms with Crippen molar-refractivity contribution in [3.8, 4) is 11.5 Å². The maximum absolute atomic E-state index is 13.3. The number of ether oxygens (including phenoxy) is 4. The first-order chi connectivity index (χ1) is 51.5. The van der Waals surface area contributed by atoms with Crippen LogP contribution in [0.25, 0.3) is 0 Å². The molecular formula is C91H114FO8S6+5. The highest BCUT2D eigenvalue weighted by atomic mass is 32.2. The molecule has 0 radical (unpaired) electrons. The second-order valence-electron chi connectivity index (χ2n) is 32.5. The van der Waals surface area contributed by atoms with Crippen LogP contribution in [-0.4, -0.2) is 98.1 Å². The number of esters is 2. The fourth-order valence-corrected chi connectivity index (χ4v) is 32.7. The standard InChI is InChI=1S/C24H25O2S2.C24H33O2S.C23H31O2S.C10H12FOS.C10H13OS/c25-28(26,23-14-8-3-9-15-23)24-18-16-22(17-19-24)27(20-10-4-1-5-11-20)21-12-6-2-7-13-21;1-16-8-21(27-6-4-3-5-7-27)9-17(2)22(16)26-23(25)24-13-18-10-19(14-24)12-20(11-18)15-24;1-15-7-20(26-5-3-4-6-26)8-16(2)21(15)25-22(24)23-12-17-9-18(13-23)11-19(10-17)14-23;11-9-1-3-10(4-2-9)13-7-5-12-6-8-13;1-2-4-10(5-3-1)12-8-6-11-7-9-12/h1-2,4-7,10-13,16-19,23H,3,8-9,14-15H2;8-9,18-20H,3-7,10-15H2,1-2H3;7-8,17-19H,3-6,9-14H2,1-2H3;1-4H,5-8H2;1-5H,6-9H2/q5*+1. The van der Waals surface area contributed by atoms with Gasteiger partial charge >= 0.3 is 11.9 Å². The van der Waals surface area contributed by atoms with E-state index >= 15 is 0 Å². The summed E-state index contributed by atoms with van der Waals surface area (Å²) in [7, 11) is -1.90. The summed E-state index contributed by atoms with van der Waals surface area (Å²) in [6.45, 7) is 12.1. The third-order valence-electron chi connectivity index (χ3n) is 24.6. The van der Waals surface area contributed by atoms with Gasteiger partial charge in [0.25, 0.3) is 0 Å². The molecule has 8 nitrogen and oxygen atoms in total. The lowest BCUT2D eigenvalue weighted by atomic mass is 9.49. The Bertz CT molecular complexity index is 3990. The number of carbonyl (C=O) groups is 2. The van der Waals surface area contributed by atoms with E-state index < -0.39 is 9.84 Å². The first-order valence-electron chi connectivity index (χ1n) is 40.1. The van der Waals surface area contributed by atoms with E-state index in [4.69, 9.17) is 18.9 Å². The van der Waals surface area contributed by atoms with Crippen molar-refractivity contribution in [1.29, 1.82) is 0 Å². The Morgan fingerprint density at radius 3 is 1.09 bits per heavy atom. The predicted molar refractivity (Wildman–Crippen MR) is 439 cm³/mol. The van der Waals surface area contributed by atoms with E-state index in [2.05, 4.69) is 131 Å². The second-order valence-corrected chi connectivity index (χ2v) is 45.9. The van der Waals surface area contributed by atoms with Crippen LogP contribution in [0.5, 0.6) is 11.5 Å². The van der Waals surface area contributed by atoms with Crippen molar-refractivity contribution in [1.82, 2.24) is 0 Å². The molecule has 0 N–H and O–H groups in total. The summed E-state index contributed by atoms with van der Waals surface area (Å²) in [6.07, 6.45) is 26.3. The van der Waals surface area contributed by atoms with Crippen molar-refractivity contribution >= 4 is 76.3 Å². The molecule has 0 spiro atoms. The Morgan fingerprint density at radius 2 is 0.717 bits per heavy atom. The maximum atomic E-state index is 13.3. The van der Waals surface area contributed by atoms with Gasteiger partial charge in [-0.05, 0) is 317 Å². The zero-order valence-electron chi connectivity index (χ0n) is 63.3. The van der Waals surface area contributed by atoms with Crippen LogP contribution in [0.3, 0.4) is 0 Å². The molecule has 7 aromatic carbocycles. The van der Waals surface area contributed by atoms with Crippen LogP contribution in [0, 0.1) is 79.8 Å². The van der Waals surface area contributed by atoms with Gasteiger partial charge in [-0.1, -0.05) is 73.9 Å². The van der Waals surface area contributed by atoms with Crippen molar-refractivity contribution in [3.05, 3.63) is 192 Å². The van der Waals surface area contributed by atoms with Crippen LogP contribution in [0.15, 0.2) is 203 Å². The molecule has 564 valence electrons. The van der Waals surface area contributed by atoms with Crippen molar-refractivity contribution in [2.45, 2.75) is 213 Å². The molecule has 9 saturated carbocycles. The molecule has 4 saturated heterocycles. The van der Waals surface area contributed by atoms with Crippen LogP contribution in [-0.2, 0) is 83.4 Å². The highest BCUT2D eigenvalue weighted by Gasteiger charge is 2.57. The Labute approximate surface area is 648 Å². The third kappa shape index (κ3) is 19.0. The molecule has 15 heteroatoms. The lowest BCUT2D eigenvalue weighted by Crippen LogP contribution is -2.51. The van der Waals surface area contributed by atoms with Gasteiger partial charge in [0.2, 0.25) is 0 Å². The highest BCUT2D eigenvalue weighted by molar-refractivity contribution is 7.98. The number of benzene rings is 7. The zero-order chi connectivity index (χ0) is 73.2. The van der Waals surface area contributed by atoms with Gasteiger partial charge < -0.3 is 18.9 Å². The molecule has 0 atom stereocenters. The quantitative estimate of drug-likeness (QED) is 0.0639. The number of hydrogen-bond acceptors (Lipinski definition) is 8. The maximum Gasteiger partial charge on any atom is 0.317 e. The van der Waals surface area contributed by atoms with E-state index in [1.807, 2.05) is 48.5 Å². The summed E-state index contributed by atoms with van der Waals surface area (Å²) in [4.78, 5) is 36.4. The zero-order valence-corrected chi connectivity index (χ0v) is 68.2. The van der Waals surface area contributed by atoms with Crippen LogP contribution < -0.4 is 9.47 Å². The monoisotopic (exact) mass is 1550 g/mol. The number of hydrogen-bond donors (Lipinski definition) is 0. The molecule has 7 aromatic rings. The fraction of sp³-hybridized carbons (Fsp3) is 0.516. The molecule has 13 aliphatic rings. The van der Waals surface area contributed by atoms with E-state index in [0.717, 1.165) is 183 Å². The molecular weight excluding hydrogens is 1430 g/mol. The van der Waals surface area contributed by atoms with Crippen molar-refractivity contribution in [2.75, 3.05) is 72.5 Å². The molecule has 4 aliphatic heterocycles. The third-order valence-corrected chi connectivity index (χ3v) is 38.6. The van der Waals surface area contributed by atoms with Gasteiger partial charge in [-0.15, -0.1) is 0 Å². The molecule has 4 heterocycles. The number of halogens is 1. The largest absolute Gasteiger partial charge is 0.426 e. The van der Waals surface area contributed by atoms with Crippen LogP contribution >= 0.6 is 0 Å². The SMILES string of the molecule is Cc1cc([S+]2CCCC2)cc(C)c1OC(=O)C12CC3CC(CC(C3)C1)C2.Cc1cc([S+]2CCCCC2)cc(C)c1OC(=O)C12CC3CC(CC(C3)C1)C2.Fc1ccc([S+]2CCOCC2)cc1.O=S(=O)(c1ccc([S+](c2ccccc2)c2ccccc2)cc1)C1CCCCC1.c1ccc([S+]2CCOCC2)cc1. The molecule has 9 aliphatic carbocycles. The molecule has 106 heavy (non-hydrogen) atoms. The smallest absolute Gasteiger partial charge is 0.317 e. The van der Waals surface area contributed by atoms with Crippen LogP contribution in [0.4, 0.5) is 4.39 Å². The topological polar surface area (TPSA) is 105 Å². The summed E-state index contributed by atoms with van der Waals surface area (Å²) in [5.41, 5.74) is 4.27. The Hall–Kier alpha value is -4.97. The summed E-state index contributed by atoms with van der Waals surface area (Å²) >= 11 is 0. The van der Waals surface area contributed by atoms with Crippen molar-refractivity contribution < 1.29 is 41.3 Å². The minimum atomic E-state index is -3.23. The van der Waals surface area contributed by atoms with Crippen LogP contribution in [0.1, 0.15) is 164 Å². The van der Waals surface area contributed by atoms with Gasteiger partial charge in [-0.3, -0.25) is 9.59 Å². The lowest BCUT2D eigenvalue weighted by Gasteiger charge is -2.55. The average molecular weight is 1550 g/mol. The summed E-state index contributed by atoms with van der Waals surface area (Å²) in [6, 6.07) is 55.3. The van der Waals surface area contributed by atoms with Gasteiger partial charge in [-0.25, -0.2) is 12.8 Å². The van der Waals surface area contributed by atoms with Gasteiger partial charge in [-0.2, -0.15) is 0 Å². The van der Waals surface area contributed by atoms with Gasteiger partial charge in [0.05, 0.1) is 58.3 Å². The van der Waals surface area contributed by atoms with E-state index in [1.165, 1.54) is 147 Å². The minimum Gasteiger partial charge on any atom is -0.426 e. The van der Waals surface area contributed by atoms with Gasteiger partial charge in [0.15, 0.2) is 44.1 Å². The number of sulfone groups is 1. The molecule has 0 unspecified atom stereocenters. The number of carbonyl (C=O) groups excluding carboxylic acids is 2. The van der Waals surface area contributed by atoms with Gasteiger partial charge in [0.1, 0.15) is 63.3 Å². The predicted octanol–water partition coefficient (Wildman–Crippen LogP) is 20.2. The Balaban J connectivity index is 0.000000115. The van der Waals surface area contributed by atoms with Crippen molar-refractivity contribution in [3.63, 3.8) is 0 Å². The Morgan fingerprint density at radius 1 is 0.396 bits per heavy atom. The summed E-state index contributed by atoms with van der Waals surface area (Å²) in [5, 5.41) is -0.214. The first kappa shape index (κ1) is 77.7. The summed E-state index contributed by atoms with van der Waals surface area (Å²) in [5.74, 6) is 16.3. The normalized spacial score (nSPS) is 26.4. The minimum absolute atomic E-state index is 0.0823. The highest BCUT2D eigenvalue weighted by Crippen LogP contribution is 2.62. The fourth-order valence-electron chi connectivity index (χ4n) is 20.2. The van der Waals surface area contributed by atoms with E-state index in [-0.39, 0.29) is 44.7 Å². The van der Waals surface area contributed by atoms with Crippen LogP contribution in [0.2, 0.25) is 0 Å². The molecule has 0 amide bonds. The average Bonchev–Trinajstić information content (AvgIpc) is 0.783. The number of rotatable bonds is 13. The molecule has 20 rings (SSSR count). The molecule has 13 fully saturated rings. The summed E-state index contributed by atoms with van der Waals surface area (Å²) < 4.78 is 61.6. The number of aryl methyl sites for hydroxylation is 4. The molecule has 8 bridgehead atoms. The van der Waals surface area contributed by atoms with E-state index in [1.54, 1.807) is 0 Å². The first-order valence-corrected chi connectivity index (χ1v) is 49.1. The van der Waals surface area contributed by atoms with Gasteiger partial charge in [0, 0.05) is 43.6 Å². The Kier molecular flexibility index (Phi) is 26.4. The van der Waals surface area contributed by atoms with E-state index in [9.17, 15) is 22.4 Å². The lowest BCUT2D eigenvalue weighted by molar-refractivity contribution is -0.162. The molecule has 0 aromatic heterocycles. The van der Waals surface area contributed by atoms with E-state index in [0.29, 0.717) is 48.5 Å². The second kappa shape index (κ2) is 36.0. The van der Waals surface area contributed by atoms with Crippen molar-refractivity contribution in [2.24, 2.45) is 46.3 Å².